The largest absolute Gasteiger partial charge is 0.392 e. The van der Waals surface area contributed by atoms with Crippen molar-refractivity contribution >= 4 is 5.69 Å². The molecule has 96 valence electrons. The molecule has 0 aliphatic heterocycles. The van der Waals surface area contributed by atoms with Crippen LogP contribution in [0.15, 0.2) is 42.6 Å². The van der Waals surface area contributed by atoms with Crippen LogP contribution in [-0.2, 0) is 19.7 Å². The molecule has 0 fully saturated rings. The number of hydrogen-bond acceptors (Lipinski definition) is 2. The van der Waals surface area contributed by atoms with Crippen LogP contribution in [-0.4, -0.2) is 9.67 Å². The summed E-state index contributed by atoms with van der Waals surface area (Å²) in [7, 11) is 0. The number of nitrogens with zero attached hydrogens (tertiary/aromatic N) is 1. The van der Waals surface area contributed by atoms with Crippen LogP contribution in [0.5, 0.6) is 0 Å². The molecule has 2 N–H and O–H groups in total. The van der Waals surface area contributed by atoms with Gasteiger partial charge in [0.05, 0.1) is 13.2 Å². The lowest BCUT2D eigenvalue weighted by molar-refractivity contribution is 0.282. The van der Waals surface area contributed by atoms with Crippen molar-refractivity contribution in [3.05, 3.63) is 53.9 Å². The quantitative estimate of drug-likeness (QED) is 0.819. The first-order valence-electron chi connectivity index (χ1n) is 6.41. The average Bonchev–Trinajstić information content (AvgIpc) is 2.84. The van der Waals surface area contributed by atoms with Crippen LogP contribution in [0, 0.1) is 0 Å². The van der Waals surface area contributed by atoms with Crippen molar-refractivity contribution in [3.8, 4) is 0 Å². The molecular formula is C15H20N2O. The first kappa shape index (κ1) is 12.7. The van der Waals surface area contributed by atoms with Crippen LogP contribution in [0.4, 0.5) is 5.69 Å². The van der Waals surface area contributed by atoms with Gasteiger partial charge in [-0.05, 0) is 24.6 Å². The standard InChI is InChI=1S/C15H20N2O/c1-2-9-17-10-5-7-14(17)11-16-15-8-4-3-6-13(15)12-18/h3-8,10,16,18H,2,9,11-12H2,1H3. The van der Waals surface area contributed by atoms with Gasteiger partial charge in [0.25, 0.3) is 0 Å². The molecule has 0 bridgehead atoms. The van der Waals surface area contributed by atoms with Gasteiger partial charge in [0, 0.05) is 29.7 Å². The molecule has 0 unspecified atom stereocenters. The van der Waals surface area contributed by atoms with E-state index in [1.807, 2.05) is 24.3 Å². The SMILES string of the molecule is CCCn1cccc1CNc1ccccc1CO. The van der Waals surface area contributed by atoms with Gasteiger partial charge < -0.3 is 15.0 Å². The highest BCUT2D eigenvalue weighted by Crippen LogP contribution is 2.16. The maximum Gasteiger partial charge on any atom is 0.0701 e. The molecule has 18 heavy (non-hydrogen) atoms. The highest BCUT2D eigenvalue weighted by molar-refractivity contribution is 5.50. The van der Waals surface area contributed by atoms with E-state index < -0.39 is 0 Å². The average molecular weight is 244 g/mol. The molecule has 3 nitrogen and oxygen atoms in total. The molecule has 2 aromatic rings. The second kappa shape index (κ2) is 6.26. The Morgan fingerprint density at radius 2 is 2.00 bits per heavy atom. The summed E-state index contributed by atoms with van der Waals surface area (Å²) < 4.78 is 2.26. The lowest BCUT2D eigenvalue weighted by Crippen LogP contribution is -2.08. The molecule has 0 amide bonds. The van der Waals surface area contributed by atoms with Gasteiger partial charge in [0.2, 0.25) is 0 Å². The summed E-state index contributed by atoms with van der Waals surface area (Å²) in [6, 6.07) is 12.1. The summed E-state index contributed by atoms with van der Waals surface area (Å²) >= 11 is 0. The Hall–Kier alpha value is -1.74. The number of anilines is 1. The lowest BCUT2D eigenvalue weighted by atomic mass is 10.2. The molecule has 0 spiro atoms. The van der Waals surface area contributed by atoms with E-state index in [-0.39, 0.29) is 6.61 Å². The normalized spacial score (nSPS) is 10.6. The lowest BCUT2D eigenvalue weighted by Gasteiger charge is -2.12. The summed E-state index contributed by atoms with van der Waals surface area (Å²) in [4.78, 5) is 0. The van der Waals surface area contributed by atoms with Crippen LogP contribution >= 0.6 is 0 Å². The van der Waals surface area contributed by atoms with Gasteiger partial charge in [-0.2, -0.15) is 0 Å². The van der Waals surface area contributed by atoms with Crippen LogP contribution in [0.3, 0.4) is 0 Å². The molecular weight excluding hydrogens is 224 g/mol. The number of nitrogens with one attached hydrogen (secondary N) is 1. The Balaban J connectivity index is 2.04. The van der Waals surface area contributed by atoms with Crippen molar-refractivity contribution in [2.75, 3.05) is 5.32 Å². The van der Waals surface area contributed by atoms with Gasteiger partial charge in [-0.3, -0.25) is 0 Å². The topological polar surface area (TPSA) is 37.2 Å². The molecule has 0 aliphatic carbocycles. The molecule has 2 rings (SSSR count). The van der Waals surface area contributed by atoms with E-state index in [2.05, 4.69) is 35.1 Å². The second-order valence-corrected chi connectivity index (χ2v) is 4.36. The Kier molecular flexibility index (Phi) is 4.42. The third kappa shape index (κ3) is 2.93. The van der Waals surface area contributed by atoms with Gasteiger partial charge in [-0.15, -0.1) is 0 Å². The van der Waals surface area contributed by atoms with Crippen molar-refractivity contribution in [1.29, 1.82) is 0 Å². The molecule has 0 radical (unpaired) electrons. The van der Waals surface area contributed by atoms with Crippen molar-refractivity contribution in [2.45, 2.75) is 33.0 Å². The molecule has 1 aromatic carbocycles. The van der Waals surface area contributed by atoms with Gasteiger partial charge >= 0.3 is 0 Å². The van der Waals surface area contributed by atoms with Crippen LogP contribution in [0.2, 0.25) is 0 Å². The minimum Gasteiger partial charge on any atom is -0.392 e. The fraction of sp³-hybridized carbons (Fsp3) is 0.333. The number of benzene rings is 1. The van der Waals surface area contributed by atoms with Crippen LogP contribution in [0.1, 0.15) is 24.6 Å². The zero-order chi connectivity index (χ0) is 12.8. The number of para-hydroxylation sites is 1. The third-order valence-electron chi connectivity index (χ3n) is 3.04. The van der Waals surface area contributed by atoms with E-state index in [1.165, 1.54) is 5.69 Å². The number of hydrogen-bond donors (Lipinski definition) is 2. The third-order valence-corrected chi connectivity index (χ3v) is 3.04. The molecule has 1 aromatic heterocycles. The van der Waals surface area contributed by atoms with E-state index in [9.17, 15) is 5.11 Å². The van der Waals surface area contributed by atoms with Crippen LogP contribution in [0.25, 0.3) is 0 Å². The Morgan fingerprint density at radius 3 is 2.78 bits per heavy atom. The maximum atomic E-state index is 9.27. The highest BCUT2D eigenvalue weighted by atomic mass is 16.3. The number of aliphatic hydroxyl groups is 1. The highest BCUT2D eigenvalue weighted by Gasteiger charge is 2.02. The van der Waals surface area contributed by atoms with E-state index in [0.717, 1.165) is 30.8 Å². The van der Waals surface area contributed by atoms with Crippen molar-refractivity contribution in [3.63, 3.8) is 0 Å². The number of aryl methyl sites for hydroxylation is 1. The molecule has 0 atom stereocenters. The van der Waals surface area contributed by atoms with Crippen molar-refractivity contribution in [2.24, 2.45) is 0 Å². The fourth-order valence-corrected chi connectivity index (χ4v) is 2.09. The summed E-state index contributed by atoms with van der Waals surface area (Å²) in [5, 5.41) is 12.7. The van der Waals surface area contributed by atoms with Crippen molar-refractivity contribution < 1.29 is 5.11 Å². The van der Waals surface area contributed by atoms with Gasteiger partial charge in [0.15, 0.2) is 0 Å². The number of aromatic nitrogens is 1. The van der Waals surface area contributed by atoms with Gasteiger partial charge in [-0.1, -0.05) is 25.1 Å². The first-order valence-corrected chi connectivity index (χ1v) is 6.41. The molecule has 0 saturated heterocycles. The summed E-state index contributed by atoms with van der Waals surface area (Å²) in [6.45, 7) is 4.08. The Bertz CT molecular complexity index is 491. The van der Waals surface area contributed by atoms with E-state index in [0.29, 0.717) is 0 Å². The Labute approximate surface area is 108 Å². The maximum absolute atomic E-state index is 9.27. The fourth-order valence-electron chi connectivity index (χ4n) is 2.09. The summed E-state index contributed by atoms with van der Waals surface area (Å²) in [5.74, 6) is 0. The predicted molar refractivity (Wildman–Crippen MR) is 74.4 cm³/mol. The molecule has 0 aliphatic rings. The minimum atomic E-state index is 0.0686. The van der Waals surface area contributed by atoms with E-state index in [4.69, 9.17) is 0 Å². The Morgan fingerprint density at radius 1 is 1.17 bits per heavy atom. The summed E-state index contributed by atoms with van der Waals surface area (Å²) in [5.41, 5.74) is 3.21. The monoisotopic (exact) mass is 244 g/mol. The molecule has 1 heterocycles. The van der Waals surface area contributed by atoms with Crippen LogP contribution < -0.4 is 5.32 Å². The molecule has 3 heteroatoms. The van der Waals surface area contributed by atoms with Crippen molar-refractivity contribution in [1.82, 2.24) is 4.57 Å². The van der Waals surface area contributed by atoms with E-state index in [1.54, 1.807) is 0 Å². The zero-order valence-corrected chi connectivity index (χ0v) is 10.8. The zero-order valence-electron chi connectivity index (χ0n) is 10.8. The second-order valence-electron chi connectivity index (χ2n) is 4.36. The summed E-state index contributed by atoms with van der Waals surface area (Å²) in [6.07, 6.45) is 3.24. The molecule has 0 saturated carbocycles. The van der Waals surface area contributed by atoms with Gasteiger partial charge in [-0.25, -0.2) is 0 Å². The first-order chi connectivity index (χ1) is 8.85. The smallest absolute Gasteiger partial charge is 0.0701 e. The number of aliphatic hydroxyl groups excluding tert-OH is 1. The minimum absolute atomic E-state index is 0.0686. The number of rotatable bonds is 6. The predicted octanol–water partition coefficient (Wildman–Crippen LogP) is 3.00. The van der Waals surface area contributed by atoms with Gasteiger partial charge in [0.1, 0.15) is 0 Å². The van der Waals surface area contributed by atoms with E-state index >= 15 is 0 Å².